The first-order valence-electron chi connectivity index (χ1n) is 7.13. The van der Waals surface area contributed by atoms with Crippen LogP contribution in [-0.2, 0) is 0 Å². The van der Waals surface area contributed by atoms with E-state index in [4.69, 9.17) is 11.6 Å². The van der Waals surface area contributed by atoms with Gasteiger partial charge in [0, 0.05) is 37.0 Å². The van der Waals surface area contributed by atoms with Gasteiger partial charge in [-0.15, -0.1) is 0 Å². The van der Waals surface area contributed by atoms with Crippen LogP contribution < -0.4 is 10.2 Å². The fourth-order valence-corrected chi connectivity index (χ4v) is 2.31. The molecule has 0 radical (unpaired) electrons. The number of anilines is 3. The van der Waals surface area contributed by atoms with Crippen molar-refractivity contribution in [2.75, 3.05) is 24.3 Å². The second kappa shape index (κ2) is 5.53. The standard InChI is InChI=1S/C16H19ClN4/c1-10-14(17)19-16(11-4-5-11)20-15(10)18-12-6-8-13(9-7-12)21(2)3/h6-9,11H,4-5H2,1-3H3,(H,18,19,20). The molecule has 0 atom stereocenters. The van der Waals surface area contributed by atoms with Crippen molar-refractivity contribution in [3.63, 3.8) is 0 Å². The third-order valence-corrected chi connectivity index (χ3v) is 4.06. The molecule has 110 valence electrons. The zero-order valence-corrected chi connectivity index (χ0v) is 13.3. The quantitative estimate of drug-likeness (QED) is 0.862. The van der Waals surface area contributed by atoms with Crippen molar-refractivity contribution in [1.29, 1.82) is 0 Å². The molecule has 1 aromatic heterocycles. The van der Waals surface area contributed by atoms with Crippen LogP contribution in [0.3, 0.4) is 0 Å². The minimum Gasteiger partial charge on any atom is -0.378 e. The molecular weight excluding hydrogens is 284 g/mol. The van der Waals surface area contributed by atoms with Gasteiger partial charge in [-0.25, -0.2) is 9.97 Å². The van der Waals surface area contributed by atoms with Crippen LogP contribution in [0.1, 0.15) is 30.1 Å². The Balaban J connectivity index is 1.86. The predicted octanol–water partition coefficient (Wildman–Crippen LogP) is 4.13. The Hall–Kier alpha value is -1.81. The van der Waals surface area contributed by atoms with Crippen LogP contribution in [0.4, 0.5) is 17.2 Å². The molecule has 1 heterocycles. The molecule has 4 nitrogen and oxygen atoms in total. The molecule has 0 bridgehead atoms. The van der Waals surface area contributed by atoms with Crippen LogP contribution in [0.25, 0.3) is 0 Å². The maximum Gasteiger partial charge on any atom is 0.138 e. The summed E-state index contributed by atoms with van der Waals surface area (Å²) in [4.78, 5) is 11.1. The molecule has 1 aliphatic rings. The Morgan fingerprint density at radius 3 is 2.38 bits per heavy atom. The Kier molecular flexibility index (Phi) is 3.72. The van der Waals surface area contributed by atoms with E-state index < -0.39 is 0 Å². The molecule has 1 saturated carbocycles. The van der Waals surface area contributed by atoms with Crippen LogP contribution in [0.5, 0.6) is 0 Å². The van der Waals surface area contributed by atoms with Gasteiger partial charge in [0.15, 0.2) is 0 Å². The lowest BCUT2D eigenvalue weighted by atomic mass is 10.2. The van der Waals surface area contributed by atoms with Gasteiger partial charge in [0.25, 0.3) is 0 Å². The molecule has 21 heavy (non-hydrogen) atoms. The highest BCUT2D eigenvalue weighted by atomic mass is 35.5. The average Bonchev–Trinajstić information content (AvgIpc) is 3.29. The summed E-state index contributed by atoms with van der Waals surface area (Å²) >= 11 is 6.23. The molecule has 1 N–H and O–H groups in total. The van der Waals surface area contributed by atoms with E-state index in [0.29, 0.717) is 11.1 Å². The molecule has 0 aliphatic heterocycles. The third-order valence-electron chi connectivity index (χ3n) is 3.69. The van der Waals surface area contributed by atoms with Gasteiger partial charge in [0.2, 0.25) is 0 Å². The topological polar surface area (TPSA) is 41.1 Å². The van der Waals surface area contributed by atoms with Crippen molar-refractivity contribution in [1.82, 2.24) is 9.97 Å². The monoisotopic (exact) mass is 302 g/mol. The molecule has 1 aromatic carbocycles. The van der Waals surface area contributed by atoms with Crippen LogP contribution >= 0.6 is 11.6 Å². The molecule has 2 aromatic rings. The first kappa shape index (κ1) is 14.1. The summed E-state index contributed by atoms with van der Waals surface area (Å²) in [5.74, 6) is 2.15. The molecular formula is C16H19ClN4. The Morgan fingerprint density at radius 1 is 1.14 bits per heavy atom. The second-order valence-electron chi connectivity index (χ2n) is 5.69. The van der Waals surface area contributed by atoms with E-state index in [1.165, 1.54) is 0 Å². The van der Waals surface area contributed by atoms with Crippen molar-refractivity contribution in [2.45, 2.75) is 25.7 Å². The van der Waals surface area contributed by atoms with Crippen molar-refractivity contribution < 1.29 is 0 Å². The van der Waals surface area contributed by atoms with Gasteiger partial charge in [-0.1, -0.05) is 11.6 Å². The van der Waals surface area contributed by atoms with Gasteiger partial charge < -0.3 is 10.2 Å². The van der Waals surface area contributed by atoms with E-state index in [1.54, 1.807) is 0 Å². The third kappa shape index (κ3) is 3.10. The molecule has 5 heteroatoms. The summed E-state index contributed by atoms with van der Waals surface area (Å²) in [6.45, 7) is 1.94. The van der Waals surface area contributed by atoms with Gasteiger partial charge in [0.1, 0.15) is 16.8 Å². The molecule has 0 amide bonds. The van der Waals surface area contributed by atoms with Crippen molar-refractivity contribution >= 4 is 28.8 Å². The SMILES string of the molecule is Cc1c(Cl)nc(C2CC2)nc1Nc1ccc(N(C)C)cc1. The number of nitrogens with one attached hydrogen (secondary N) is 1. The number of rotatable bonds is 4. The number of aromatic nitrogens is 2. The number of nitrogens with zero attached hydrogens (tertiary/aromatic N) is 3. The fourth-order valence-electron chi connectivity index (χ4n) is 2.13. The summed E-state index contributed by atoms with van der Waals surface area (Å²) in [7, 11) is 4.05. The summed E-state index contributed by atoms with van der Waals surface area (Å²) < 4.78 is 0. The zero-order chi connectivity index (χ0) is 15.0. The normalized spacial score (nSPS) is 14.1. The summed E-state index contributed by atoms with van der Waals surface area (Å²) in [6, 6.07) is 8.23. The number of benzene rings is 1. The average molecular weight is 303 g/mol. The number of halogens is 1. The lowest BCUT2D eigenvalue weighted by Crippen LogP contribution is -2.08. The minimum absolute atomic E-state index is 0.486. The van der Waals surface area contributed by atoms with Crippen LogP contribution in [0.15, 0.2) is 24.3 Å². The van der Waals surface area contributed by atoms with E-state index in [2.05, 4.69) is 32.3 Å². The molecule has 1 fully saturated rings. The molecule has 0 spiro atoms. The van der Waals surface area contributed by atoms with E-state index in [9.17, 15) is 0 Å². The Bertz CT molecular complexity index is 648. The summed E-state index contributed by atoms with van der Waals surface area (Å²) in [5, 5.41) is 3.89. The number of hydrogen-bond acceptors (Lipinski definition) is 4. The number of hydrogen-bond donors (Lipinski definition) is 1. The van der Waals surface area contributed by atoms with Gasteiger partial charge >= 0.3 is 0 Å². The highest BCUT2D eigenvalue weighted by Crippen LogP contribution is 2.39. The van der Waals surface area contributed by atoms with E-state index in [0.717, 1.165) is 41.4 Å². The summed E-state index contributed by atoms with van der Waals surface area (Å²) in [6.07, 6.45) is 2.33. The van der Waals surface area contributed by atoms with Gasteiger partial charge in [0.05, 0.1) is 0 Å². The smallest absolute Gasteiger partial charge is 0.138 e. The van der Waals surface area contributed by atoms with Crippen LogP contribution in [0, 0.1) is 6.92 Å². The van der Waals surface area contributed by atoms with Crippen LogP contribution in [-0.4, -0.2) is 24.1 Å². The summed E-state index contributed by atoms with van der Waals surface area (Å²) in [5.41, 5.74) is 3.05. The molecule has 1 aliphatic carbocycles. The van der Waals surface area contributed by atoms with Gasteiger partial charge in [-0.3, -0.25) is 0 Å². The first-order chi connectivity index (χ1) is 10.0. The lowest BCUT2D eigenvalue weighted by Gasteiger charge is -2.14. The van der Waals surface area contributed by atoms with Crippen molar-refractivity contribution in [2.24, 2.45) is 0 Å². The maximum absolute atomic E-state index is 6.23. The van der Waals surface area contributed by atoms with E-state index >= 15 is 0 Å². The predicted molar refractivity (Wildman–Crippen MR) is 87.8 cm³/mol. The molecule has 0 unspecified atom stereocenters. The second-order valence-corrected chi connectivity index (χ2v) is 6.04. The minimum atomic E-state index is 0.486. The fraction of sp³-hybridized carbons (Fsp3) is 0.375. The van der Waals surface area contributed by atoms with E-state index in [1.807, 2.05) is 33.2 Å². The first-order valence-corrected chi connectivity index (χ1v) is 7.51. The lowest BCUT2D eigenvalue weighted by molar-refractivity contribution is 0.922. The van der Waals surface area contributed by atoms with Crippen LogP contribution in [0.2, 0.25) is 5.15 Å². The molecule has 0 saturated heterocycles. The largest absolute Gasteiger partial charge is 0.378 e. The maximum atomic E-state index is 6.23. The Labute approximate surface area is 130 Å². The van der Waals surface area contributed by atoms with E-state index in [-0.39, 0.29) is 0 Å². The van der Waals surface area contributed by atoms with Gasteiger partial charge in [-0.05, 0) is 44.0 Å². The molecule has 3 rings (SSSR count). The highest BCUT2D eigenvalue weighted by molar-refractivity contribution is 6.30. The zero-order valence-electron chi connectivity index (χ0n) is 12.5. The van der Waals surface area contributed by atoms with Crippen molar-refractivity contribution in [3.05, 3.63) is 40.8 Å². The van der Waals surface area contributed by atoms with Gasteiger partial charge in [-0.2, -0.15) is 0 Å². The van der Waals surface area contributed by atoms with Crippen molar-refractivity contribution in [3.8, 4) is 0 Å². The Morgan fingerprint density at radius 2 is 1.81 bits per heavy atom. The highest BCUT2D eigenvalue weighted by Gasteiger charge is 2.28.